The van der Waals surface area contributed by atoms with Crippen LogP contribution in [0.4, 0.5) is 0 Å². The van der Waals surface area contributed by atoms with E-state index in [0.717, 1.165) is 15.9 Å². The van der Waals surface area contributed by atoms with E-state index in [9.17, 15) is 14.7 Å². The molecule has 0 aromatic carbocycles. The first-order chi connectivity index (χ1) is 9.85. The summed E-state index contributed by atoms with van der Waals surface area (Å²) >= 11 is 1.32. The number of rotatable bonds is 5. The average molecular weight is 309 g/mol. The van der Waals surface area contributed by atoms with Crippen LogP contribution in [-0.2, 0) is 11.8 Å². The lowest BCUT2D eigenvalue weighted by Crippen LogP contribution is -2.44. The summed E-state index contributed by atoms with van der Waals surface area (Å²) < 4.78 is 1.73. The van der Waals surface area contributed by atoms with Crippen LogP contribution in [0.5, 0.6) is 0 Å². The summed E-state index contributed by atoms with van der Waals surface area (Å²) in [5.41, 5.74) is 0.861. The number of carbonyl (C=O) groups excluding carboxylic acids is 1. The van der Waals surface area contributed by atoms with E-state index in [1.54, 1.807) is 10.7 Å². The molecular formula is C14H19N3O3S. The van der Waals surface area contributed by atoms with E-state index in [0.29, 0.717) is 11.3 Å². The van der Waals surface area contributed by atoms with Gasteiger partial charge in [0.15, 0.2) is 0 Å². The second-order valence-electron chi connectivity index (χ2n) is 5.21. The average Bonchev–Trinajstić information content (AvgIpc) is 2.97. The number of carboxylic acid groups (broad SMARTS) is 1. The summed E-state index contributed by atoms with van der Waals surface area (Å²) in [4.78, 5) is 25.0. The van der Waals surface area contributed by atoms with Gasteiger partial charge in [0.2, 0.25) is 0 Å². The number of amides is 1. The van der Waals surface area contributed by atoms with Crippen molar-refractivity contribution in [3.05, 3.63) is 16.6 Å². The summed E-state index contributed by atoms with van der Waals surface area (Å²) in [6.45, 7) is 5.61. The molecule has 0 spiro atoms. The fourth-order valence-corrected chi connectivity index (χ4v) is 3.24. The predicted octanol–water partition coefficient (Wildman–Crippen LogP) is 2.17. The Labute approximate surface area is 126 Å². The highest BCUT2D eigenvalue weighted by atomic mass is 32.1. The summed E-state index contributed by atoms with van der Waals surface area (Å²) in [7, 11) is 1.83. The molecule has 1 amide bonds. The highest BCUT2D eigenvalue weighted by molar-refractivity contribution is 7.20. The molecule has 0 bridgehead atoms. The van der Waals surface area contributed by atoms with Crippen molar-refractivity contribution in [3.8, 4) is 0 Å². The largest absolute Gasteiger partial charge is 0.480 e. The van der Waals surface area contributed by atoms with Crippen LogP contribution < -0.4 is 5.32 Å². The molecule has 2 rings (SSSR count). The fraction of sp³-hybridized carbons (Fsp3) is 0.500. The molecule has 2 atom stereocenters. The summed E-state index contributed by atoms with van der Waals surface area (Å²) in [6.07, 6.45) is 0.687. The van der Waals surface area contributed by atoms with E-state index >= 15 is 0 Å². The number of aliphatic carboxylic acids is 1. The van der Waals surface area contributed by atoms with Gasteiger partial charge in [-0.25, -0.2) is 4.79 Å². The monoisotopic (exact) mass is 309 g/mol. The van der Waals surface area contributed by atoms with Gasteiger partial charge in [0.05, 0.1) is 10.6 Å². The zero-order valence-corrected chi connectivity index (χ0v) is 13.3. The molecule has 2 unspecified atom stereocenters. The van der Waals surface area contributed by atoms with Crippen molar-refractivity contribution in [2.24, 2.45) is 13.0 Å². The summed E-state index contributed by atoms with van der Waals surface area (Å²) in [6, 6.07) is 0.902. The Bertz CT molecular complexity index is 654. The Balaban J connectivity index is 2.25. The third-order valence-electron chi connectivity index (χ3n) is 3.69. The second-order valence-corrected chi connectivity index (χ2v) is 6.24. The Morgan fingerprint density at radius 2 is 2.19 bits per heavy atom. The molecule has 0 saturated carbocycles. The standard InChI is InChI=1S/C14H19N3O3S/c1-5-7(2)11(14(19)20)15-12(18)10-6-9-8(3)16-17(4)13(9)21-10/h6-7,11H,5H2,1-4H3,(H,15,18)(H,19,20). The van der Waals surface area contributed by atoms with Crippen molar-refractivity contribution in [2.45, 2.75) is 33.2 Å². The summed E-state index contributed by atoms with van der Waals surface area (Å²) in [5, 5.41) is 17.1. The van der Waals surface area contributed by atoms with Gasteiger partial charge in [-0.3, -0.25) is 9.48 Å². The van der Waals surface area contributed by atoms with Crippen molar-refractivity contribution < 1.29 is 14.7 Å². The first kappa shape index (κ1) is 15.5. The zero-order valence-electron chi connectivity index (χ0n) is 12.5. The summed E-state index contributed by atoms with van der Waals surface area (Å²) in [5.74, 6) is -1.47. The molecule has 2 aromatic heterocycles. The number of fused-ring (bicyclic) bond motifs is 1. The number of aromatic nitrogens is 2. The minimum absolute atomic E-state index is 0.121. The van der Waals surface area contributed by atoms with Gasteiger partial charge in [0.25, 0.3) is 5.91 Å². The molecule has 0 aliphatic rings. The number of hydrogen-bond acceptors (Lipinski definition) is 4. The zero-order chi connectivity index (χ0) is 15.7. The van der Waals surface area contributed by atoms with Crippen LogP contribution in [0.2, 0.25) is 0 Å². The number of nitrogens with zero attached hydrogens (tertiary/aromatic N) is 2. The van der Waals surface area contributed by atoms with Crippen molar-refractivity contribution >= 4 is 33.4 Å². The number of thiophene rings is 1. The van der Waals surface area contributed by atoms with Crippen molar-refractivity contribution in [3.63, 3.8) is 0 Å². The van der Waals surface area contributed by atoms with Crippen molar-refractivity contribution in [1.82, 2.24) is 15.1 Å². The maximum Gasteiger partial charge on any atom is 0.326 e. The molecule has 21 heavy (non-hydrogen) atoms. The molecule has 2 N–H and O–H groups in total. The van der Waals surface area contributed by atoms with E-state index < -0.39 is 12.0 Å². The predicted molar refractivity (Wildman–Crippen MR) is 81.7 cm³/mol. The normalized spacial score (nSPS) is 14.1. The minimum atomic E-state index is -1.00. The molecule has 2 heterocycles. The molecule has 0 fully saturated rings. The van der Waals surface area contributed by atoms with Crippen LogP contribution in [0.15, 0.2) is 6.07 Å². The third-order valence-corrected chi connectivity index (χ3v) is 4.89. The highest BCUT2D eigenvalue weighted by Crippen LogP contribution is 2.27. The lowest BCUT2D eigenvalue weighted by Gasteiger charge is -2.19. The first-order valence-corrected chi connectivity index (χ1v) is 7.63. The maximum absolute atomic E-state index is 12.3. The third kappa shape index (κ3) is 2.92. The molecule has 6 nitrogen and oxygen atoms in total. The molecule has 114 valence electrons. The van der Waals surface area contributed by atoms with Crippen molar-refractivity contribution in [2.75, 3.05) is 0 Å². The molecule has 0 aliphatic carbocycles. The highest BCUT2D eigenvalue weighted by Gasteiger charge is 2.26. The molecular weight excluding hydrogens is 290 g/mol. The number of hydrogen-bond donors (Lipinski definition) is 2. The number of carboxylic acids is 1. The Hall–Kier alpha value is -1.89. The fourth-order valence-electron chi connectivity index (χ4n) is 2.21. The maximum atomic E-state index is 12.3. The second kappa shape index (κ2) is 5.85. The molecule has 2 aromatic rings. The van der Waals surface area contributed by atoms with E-state index in [4.69, 9.17) is 0 Å². The van der Waals surface area contributed by atoms with Gasteiger partial charge in [0, 0.05) is 12.4 Å². The Kier molecular flexibility index (Phi) is 4.32. The van der Waals surface area contributed by atoms with Crippen LogP contribution >= 0.6 is 11.3 Å². The molecule has 0 saturated heterocycles. The SMILES string of the molecule is CCC(C)C(NC(=O)c1cc2c(C)nn(C)c2s1)C(=O)O. The van der Waals surface area contributed by atoms with E-state index in [1.807, 2.05) is 27.8 Å². The lowest BCUT2D eigenvalue weighted by molar-refractivity contribution is -0.140. The van der Waals surface area contributed by atoms with Crippen LogP contribution in [0.3, 0.4) is 0 Å². The van der Waals surface area contributed by atoms with E-state index in [2.05, 4.69) is 10.4 Å². The number of nitrogens with one attached hydrogen (secondary N) is 1. The topological polar surface area (TPSA) is 84.2 Å². The lowest BCUT2D eigenvalue weighted by atomic mass is 9.99. The van der Waals surface area contributed by atoms with Gasteiger partial charge in [-0.15, -0.1) is 11.3 Å². The van der Waals surface area contributed by atoms with Gasteiger partial charge in [-0.2, -0.15) is 5.10 Å². The number of carbonyl (C=O) groups is 2. The van der Waals surface area contributed by atoms with Gasteiger partial charge in [-0.1, -0.05) is 20.3 Å². The van der Waals surface area contributed by atoms with Crippen LogP contribution in [0.1, 0.15) is 35.6 Å². The Morgan fingerprint density at radius 3 is 2.71 bits per heavy atom. The van der Waals surface area contributed by atoms with Crippen molar-refractivity contribution in [1.29, 1.82) is 0 Å². The van der Waals surface area contributed by atoms with E-state index in [1.165, 1.54) is 11.3 Å². The van der Waals surface area contributed by atoms with Gasteiger partial charge in [-0.05, 0) is 18.9 Å². The van der Waals surface area contributed by atoms with Gasteiger partial charge in [0.1, 0.15) is 10.9 Å². The van der Waals surface area contributed by atoms with Gasteiger partial charge >= 0.3 is 5.97 Å². The minimum Gasteiger partial charge on any atom is -0.480 e. The smallest absolute Gasteiger partial charge is 0.326 e. The Morgan fingerprint density at radius 1 is 1.52 bits per heavy atom. The quantitative estimate of drug-likeness (QED) is 0.886. The van der Waals surface area contributed by atoms with Crippen LogP contribution in [0, 0.1) is 12.8 Å². The van der Waals surface area contributed by atoms with Gasteiger partial charge < -0.3 is 10.4 Å². The van der Waals surface area contributed by atoms with E-state index in [-0.39, 0.29) is 11.8 Å². The molecule has 0 radical (unpaired) electrons. The molecule has 7 heteroatoms. The van der Waals surface area contributed by atoms with Crippen LogP contribution in [-0.4, -0.2) is 32.8 Å². The molecule has 0 aliphatic heterocycles. The first-order valence-electron chi connectivity index (χ1n) is 6.82. The van der Waals surface area contributed by atoms with Crippen LogP contribution in [0.25, 0.3) is 10.2 Å². The number of aryl methyl sites for hydroxylation is 2.